The van der Waals surface area contributed by atoms with Crippen LogP contribution in [0.4, 0.5) is 0 Å². The zero-order valence-corrected chi connectivity index (χ0v) is 9.28. The van der Waals surface area contributed by atoms with Crippen molar-refractivity contribution in [3.8, 4) is 0 Å². The minimum atomic E-state index is 0.443. The molecule has 4 fully saturated rings. The Balaban J connectivity index is 1.86. The summed E-state index contributed by atoms with van der Waals surface area (Å²) in [7, 11) is 0. The van der Waals surface area contributed by atoms with Crippen LogP contribution in [0.5, 0.6) is 0 Å². The second kappa shape index (κ2) is 3.23. The van der Waals surface area contributed by atoms with Crippen LogP contribution in [0.25, 0.3) is 0 Å². The molecule has 4 rings (SSSR count). The molecule has 0 aromatic heterocycles. The molecule has 4 atom stereocenters. The van der Waals surface area contributed by atoms with Crippen molar-refractivity contribution in [2.45, 2.75) is 51.5 Å². The molecule has 0 amide bonds. The van der Waals surface area contributed by atoms with Crippen LogP contribution in [0.1, 0.15) is 45.4 Å². The van der Waals surface area contributed by atoms with Gasteiger partial charge in [0.05, 0.1) is 0 Å². The minimum Gasteiger partial charge on any atom is -0.328 e. The molecule has 0 aromatic carbocycles. The zero-order chi connectivity index (χ0) is 9.71. The van der Waals surface area contributed by atoms with Crippen LogP contribution < -0.4 is 5.73 Å². The number of nitrogens with two attached hydrogens (primary N) is 1. The molecule has 0 aromatic rings. The van der Waals surface area contributed by atoms with Crippen LogP contribution in [0, 0.1) is 29.6 Å². The monoisotopic (exact) mass is 193 g/mol. The van der Waals surface area contributed by atoms with Gasteiger partial charge in [0, 0.05) is 6.04 Å². The third kappa shape index (κ3) is 1.41. The lowest BCUT2D eigenvalue weighted by Crippen LogP contribution is -2.34. The Morgan fingerprint density at radius 2 is 1.36 bits per heavy atom. The van der Waals surface area contributed by atoms with E-state index in [4.69, 9.17) is 5.73 Å². The van der Waals surface area contributed by atoms with Gasteiger partial charge in [-0.2, -0.15) is 0 Å². The topological polar surface area (TPSA) is 26.0 Å². The molecule has 0 spiro atoms. The Morgan fingerprint density at radius 3 is 1.86 bits per heavy atom. The minimum absolute atomic E-state index is 0.443. The second-order valence-corrected chi connectivity index (χ2v) is 6.30. The van der Waals surface area contributed by atoms with E-state index >= 15 is 0 Å². The summed E-state index contributed by atoms with van der Waals surface area (Å²) in [5.74, 6) is 5.06. The van der Waals surface area contributed by atoms with Crippen LogP contribution in [-0.2, 0) is 0 Å². The van der Waals surface area contributed by atoms with Gasteiger partial charge in [0.2, 0.25) is 0 Å². The van der Waals surface area contributed by atoms with E-state index in [1.807, 2.05) is 0 Å². The third-order valence-electron chi connectivity index (χ3n) is 5.16. The van der Waals surface area contributed by atoms with Gasteiger partial charge in [-0.3, -0.25) is 0 Å². The quantitative estimate of drug-likeness (QED) is 0.681. The van der Waals surface area contributed by atoms with Crippen molar-refractivity contribution in [3.63, 3.8) is 0 Å². The molecular formula is C13H23N. The predicted molar refractivity (Wildman–Crippen MR) is 58.8 cm³/mol. The molecule has 4 bridgehead atoms. The average molecular weight is 193 g/mol. The molecular weight excluding hydrogens is 170 g/mol. The van der Waals surface area contributed by atoms with Crippen LogP contribution in [0.3, 0.4) is 0 Å². The van der Waals surface area contributed by atoms with Gasteiger partial charge in [0.1, 0.15) is 0 Å². The van der Waals surface area contributed by atoms with Crippen molar-refractivity contribution in [1.29, 1.82) is 0 Å². The SMILES string of the molecule is CC(N)C1CC2CC3CC(C2)CC1C3. The fourth-order valence-electron chi connectivity index (χ4n) is 4.80. The Kier molecular flexibility index (Phi) is 2.12. The Hall–Kier alpha value is -0.0400. The third-order valence-corrected chi connectivity index (χ3v) is 5.16. The van der Waals surface area contributed by atoms with Gasteiger partial charge < -0.3 is 5.73 Å². The van der Waals surface area contributed by atoms with E-state index in [9.17, 15) is 0 Å². The summed E-state index contributed by atoms with van der Waals surface area (Å²) in [5, 5.41) is 0. The fraction of sp³-hybridized carbons (Fsp3) is 1.00. The van der Waals surface area contributed by atoms with Gasteiger partial charge in [-0.05, 0) is 75.0 Å². The summed E-state index contributed by atoms with van der Waals surface area (Å²) in [6.07, 6.45) is 9.11. The lowest BCUT2D eigenvalue weighted by molar-refractivity contribution is 0.122. The molecule has 1 nitrogen and oxygen atoms in total. The maximum Gasteiger partial charge on any atom is 0.00415 e. The van der Waals surface area contributed by atoms with Crippen molar-refractivity contribution < 1.29 is 0 Å². The Bertz CT molecular complexity index is 209. The predicted octanol–water partition coefficient (Wildman–Crippen LogP) is 2.80. The smallest absolute Gasteiger partial charge is 0.00415 e. The lowest BCUT2D eigenvalue weighted by atomic mass is 9.67. The highest BCUT2D eigenvalue weighted by molar-refractivity contribution is 4.95. The first-order chi connectivity index (χ1) is 6.72. The largest absolute Gasteiger partial charge is 0.328 e. The maximum absolute atomic E-state index is 6.15. The van der Waals surface area contributed by atoms with E-state index in [0.717, 1.165) is 29.6 Å². The molecule has 4 aliphatic rings. The van der Waals surface area contributed by atoms with Crippen molar-refractivity contribution in [1.82, 2.24) is 0 Å². The van der Waals surface area contributed by atoms with Crippen LogP contribution >= 0.6 is 0 Å². The number of hydrogen-bond acceptors (Lipinski definition) is 1. The van der Waals surface area contributed by atoms with Crippen molar-refractivity contribution in [2.75, 3.05) is 0 Å². The molecule has 2 N–H and O–H groups in total. The van der Waals surface area contributed by atoms with Gasteiger partial charge in [-0.25, -0.2) is 0 Å². The van der Waals surface area contributed by atoms with Crippen LogP contribution in [0.15, 0.2) is 0 Å². The summed E-state index contributed by atoms with van der Waals surface area (Å²) in [6, 6.07) is 0.443. The Labute approximate surface area is 87.4 Å². The summed E-state index contributed by atoms with van der Waals surface area (Å²) in [6.45, 7) is 2.23. The molecule has 0 radical (unpaired) electrons. The van der Waals surface area contributed by atoms with E-state index in [-0.39, 0.29) is 0 Å². The molecule has 4 saturated carbocycles. The number of rotatable bonds is 1. The normalized spacial score (nSPS) is 53.1. The summed E-state index contributed by atoms with van der Waals surface area (Å²) in [5.41, 5.74) is 6.15. The fourth-order valence-corrected chi connectivity index (χ4v) is 4.80. The maximum atomic E-state index is 6.15. The van der Waals surface area contributed by atoms with Gasteiger partial charge in [-0.15, -0.1) is 0 Å². The first-order valence-electron chi connectivity index (χ1n) is 6.48. The highest BCUT2D eigenvalue weighted by Gasteiger charge is 2.44. The first-order valence-corrected chi connectivity index (χ1v) is 6.48. The first kappa shape index (κ1) is 9.21. The summed E-state index contributed by atoms with van der Waals surface area (Å²) < 4.78 is 0. The number of hydrogen-bond donors (Lipinski definition) is 1. The van der Waals surface area contributed by atoms with Gasteiger partial charge in [0.25, 0.3) is 0 Å². The van der Waals surface area contributed by atoms with Crippen LogP contribution in [-0.4, -0.2) is 6.04 Å². The Morgan fingerprint density at radius 1 is 0.857 bits per heavy atom. The molecule has 14 heavy (non-hydrogen) atoms. The van der Waals surface area contributed by atoms with E-state index in [2.05, 4.69) is 6.92 Å². The average Bonchev–Trinajstić information content (AvgIpc) is 2.30. The van der Waals surface area contributed by atoms with E-state index in [1.54, 1.807) is 6.42 Å². The molecule has 4 unspecified atom stereocenters. The van der Waals surface area contributed by atoms with Crippen molar-refractivity contribution >= 4 is 0 Å². The van der Waals surface area contributed by atoms with E-state index in [1.165, 1.54) is 32.1 Å². The van der Waals surface area contributed by atoms with Crippen LogP contribution in [0.2, 0.25) is 0 Å². The highest BCUT2D eigenvalue weighted by atomic mass is 14.7. The summed E-state index contributed by atoms with van der Waals surface area (Å²) in [4.78, 5) is 0. The summed E-state index contributed by atoms with van der Waals surface area (Å²) >= 11 is 0. The standard InChI is InChI=1S/C13H23N/c1-8(14)13-7-11-3-9-2-10(4-11)6-12(13)5-9/h8-13H,2-7,14H2,1H3. The van der Waals surface area contributed by atoms with Crippen molar-refractivity contribution in [3.05, 3.63) is 0 Å². The van der Waals surface area contributed by atoms with Gasteiger partial charge in [0.15, 0.2) is 0 Å². The second-order valence-electron chi connectivity index (χ2n) is 6.30. The molecule has 4 aliphatic carbocycles. The molecule has 0 heterocycles. The van der Waals surface area contributed by atoms with E-state index in [0.29, 0.717) is 6.04 Å². The van der Waals surface area contributed by atoms with Crippen molar-refractivity contribution in [2.24, 2.45) is 35.3 Å². The number of fused-ring (bicyclic) bond motifs is 1. The zero-order valence-electron chi connectivity index (χ0n) is 9.28. The van der Waals surface area contributed by atoms with Gasteiger partial charge >= 0.3 is 0 Å². The molecule has 0 saturated heterocycles. The lowest BCUT2D eigenvalue weighted by Gasteiger charge is -2.39. The highest BCUT2D eigenvalue weighted by Crippen LogP contribution is 2.53. The molecule has 1 heteroatoms. The molecule has 0 aliphatic heterocycles. The van der Waals surface area contributed by atoms with Gasteiger partial charge in [-0.1, -0.05) is 0 Å². The van der Waals surface area contributed by atoms with E-state index < -0.39 is 0 Å². The molecule has 80 valence electrons.